The summed E-state index contributed by atoms with van der Waals surface area (Å²) in [6, 6.07) is 11.1. The second-order valence-corrected chi connectivity index (χ2v) is 7.99. The van der Waals surface area contributed by atoms with E-state index in [1.54, 1.807) is 24.3 Å². The van der Waals surface area contributed by atoms with Crippen LogP contribution in [0.15, 0.2) is 54.1 Å². The van der Waals surface area contributed by atoms with E-state index in [1.165, 1.54) is 34.1 Å². The Morgan fingerprint density at radius 2 is 1.65 bits per heavy atom. The van der Waals surface area contributed by atoms with Crippen molar-refractivity contribution in [2.24, 2.45) is 0 Å². The van der Waals surface area contributed by atoms with E-state index in [4.69, 9.17) is 4.74 Å². The number of nitrogens with zero attached hydrogens (tertiary/aromatic N) is 2. The monoisotopic (exact) mass is 467 g/mol. The molecule has 0 spiro atoms. The quantitative estimate of drug-likeness (QED) is 0.184. The average molecular weight is 468 g/mol. The predicted octanol–water partition coefficient (Wildman–Crippen LogP) is 1.14. The van der Waals surface area contributed by atoms with Crippen LogP contribution in [0, 0.1) is 10.1 Å². The molecule has 2 aromatic carbocycles. The highest BCUT2D eigenvalue weighted by Crippen LogP contribution is 2.39. The lowest BCUT2D eigenvalue weighted by atomic mass is 9.95. The molecule has 0 aliphatic carbocycles. The molecule has 0 bridgehead atoms. The number of quaternary nitrogens is 1. The van der Waals surface area contributed by atoms with E-state index in [9.17, 15) is 24.8 Å². The van der Waals surface area contributed by atoms with Crippen molar-refractivity contribution in [3.8, 4) is 5.75 Å². The van der Waals surface area contributed by atoms with Gasteiger partial charge in [0.15, 0.2) is 0 Å². The number of nitro groups is 1. The Kier molecular flexibility index (Phi) is 8.01. The van der Waals surface area contributed by atoms with Gasteiger partial charge in [0.25, 0.3) is 11.6 Å². The molecule has 9 heteroatoms. The molecule has 1 heterocycles. The van der Waals surface area contributed by atoms with Crippen molar-refractivity contribution in [1.82, 2.24) is 4.90 Å². The SMILES string of the molecule is CCOc1ccc(/C([O-])=C2\C(=O)C(=O)N(CC[NH+](CC)CC)C2c2ccc([N+](=O)[O-])cc2)cc1. The van der Waals surface area contributed by atoms with Crippen LogP contribution in [0.25, 0.3) is 5.76 Å². The lowest BCUT2D eigenvalue weighted by molar-refractivity contribution is -0.895. The molecule has 9 nitrogen and oxygen atoms in total. The molecule has 1 saturated heterocycles. The number of ketones is 1. The second-order valence-electron chi connectivity index (χ2n) is 7.99. The third-order valence-electron chi connectivity index (χ3n) is 6.08. The Bertz CT molecular complexity index is 1070. The number of carbonyl (C=O) groups excluding carboxylic acids is 2. The Labute approximate surface area is 198 Å². The maximum Gasteiger partial charge on any atom is 0.295 e. The van der Waals surface area contributed by atoms with E-state index >= 15 is 0 Å². The lowest BCUT2D eigenvalue weighted by Crippen LogP contribution is -3.12. The van der Waals surface area contributed by atoms with Crippen LogP contribution < -0.4 is 14.7 Å². The molecule has 1 unspecified atom stereocenters. The number of rotatable bonds is 10. The summed E-state index contributed by atoms with van der Waals surface area (Å²) in [7, 11) is 0. The van der Waals surface area contributed by atoms with Crippen LogP contribution in [0.4, 0.5) is 5.69 Å². The van der Waals surface area contributed by atoms with Gasteiger partial charge < -0.3 is 19.6 Å². The topological polar surface area (TPSA) is 117 Å². The van der Waals surface area contributed by atoms with Crippen LogP contribution in [-0.2, 0) is 9.59 Å². The number of likely N-dealkylation sites (N-methyl/N-ethyl adjacent to an activating group) is 1. The zero-order valence-corrected chi connectivity index (χ0v) is 19.6. The van der Waals surface area contributed by atoms with Crippen LogP contribution in [0.2, 0.25) is 0 Å². The average Bonchev–Trinajstić information content (AvgIpc) is 3.10. The van der Waals surface area contributed by atoms with E-state index in [1.807, 2.05) is 20.8 Å². The van der Waals surface area contributed by atoms with Gasteiger partial charge in [0.2, 0.25) is 5.78 Å². The zero-order chi connectivity index (χ0) is 24.8. The third kappa shape index (κ3) is 5.09. The summed E-state index contributed by atoms with van der Waals surface area (Å²) in [5.41, 5.74) is 0.492. The smallest absolute Gasteiger partial charge is 0.295 e. The zero-order valence-electron chi connectivity index (χ0n) is 19.6. The number of nitrogens with one attached hydrogen (secondary N) is 1. The number of likely N-dealkylation sites (tertiary alicyclic amines) is 1. The number of carbonyl (C=O) groups is 2. The fourth-order valence-electron chi connectivity index (χ4n) is 4.13. The molecule has 1 atom stereocenters. The molecule has 1 N–H and O–H groups in total. The van der Waals surface area contributed by atoms with E-state index < -0.39 is 28.4 Å². The number of amides is 1. The fourth-order valence-corrected chi connectivity index (χ4v) is 4.13. The predicted molar refractivity (Wildman–Crippen MR) is 124 cm³/mol. The van der Waals surface area contributed by atoms with Crippen LogP contribution >= 0.6 is 0 Å². The van der Waals surface area contributed by atoms with Crippen molar-refractivity contribution in [2.45, 2.75) is 26.8 Å². The van der Waals surface area contributed by atoms with E-state index in [-0.39, 0.29) is 23.4 Å². The number of hydrogen-bond acceptors (Lipinski definition) is 6. The van der Waals surface area contributed by atoms with Gasteiger partial charge >= 0.3 is 0 Å². The Hall–Kier alpha value is -3.72. The minimum absolute atomic E-state index is 0.113. The van der Waals surface area contributed by atoms with Gasteiger partial charge in [-0.25, -0.2) is 0 Å². The highest BCUT2D eigenvalue weighted by atomic mass is 16.6. The Morgan fingerprint density at radius 3 is 2.18 bits per heavy atom. The van der Waals surface area contributed by atoms with Gasteiger partial charge in [-0.1, -0.05) is 17.9 Å². The summed E-state index contributed by atoms with van der Waals surface area (Å²) in [6.45, 7) is 9.01. The Morgan fingerprint density at radius 1 is 1.03 bits per heavy atom. The highest BCUT2D eigenvalue weighted by molar-refractivity contribution is 6.46. The van der Waals surface area contributed by atoms with Crippen molar-refractivity contribution in [1.29, 1.82) is 0 Å². The number of hydrogen-bond donors (Lipinski definition) is 1. The minimum Gasteiger partial charge on any atom is -0.872 e. The van der Waals surface area contributed by atoms with Crippen LogP contribution in [0.3, 0.4) is 0 Å². The van der Waals surface area contributed by atoms with Gasteiger partial charge in [-0.15, -0.1) is 0 Å². The van der Waals surface area contributed by atoms with Gasteiger partial charge in [-0.05, 0) is 56.2 Å². The standard InChI is InChI=1S/C25H29N3O6/c1-4-26(5-2)15-16-27-22(17-7-11-19(12-8-17)28(32)33)21(24(30)25(27)31)23(29)18-9-13-20(14-10-18)34-6-3/h7-14,22,29H,4-6,15-16H2,1-3H3/b23-21+. The number of ether oxygens (including phenoxy) is 1. The lowest BCUT2D eigenvalue weighted by Gasteiger charge is -2.28. The van der Waals surface area contributed by atoms with Gasteiger partial charge in [-0.3, -0.25) is 19.7 Å². The van der Waals surface area contributed by atoms with Crippen LogP contribution in [0.1, 0.15) is 37.9 Å². The van der Waals surface area contributed by atoms with Crippen LogP contribution in [-0.4, -0.2) is 54.3 Å². The number of Topliss-reactive ketones (excluding diaryl/α,β-unsaturated/α-hetero) is 1. The summed E-state index contributed by atoms with van der Waals surface area (Å²) < 4.78 is 5.41. The molecule has 2 aromatic rings. The minimum atomic E-state index is -0.908. The summed E-state index contributed by atoms with van der Waals surface area (Å²) in [5, 5.41) is 24.5. The van der Waals surface area contributed by atoms with Gasteiger partial charge in [0.1, 0.15) is 5.75 Å². The summed E-state index contributed by atoms with van der Waals surface area (Å²) in [6.07, 6.45) is 0. The maximum absolute atomic E-state index is 13.4. The summed E-state index contributed by atoms with van der Waals surface area (Å²) >= 11 is 0. The molecule has 180 valence electrons. The largest absolute Gasteiger partial charge is 0.872 e. The van der Waals surface area contributed by atoms with Gasteiger partial charge in [-0.2, -0.15) is 0 Å². The van der Waals surface area contributed by atoms with Gasteiger partial charge in [0.05, 0.1) is 43.8 Å². The first kappa shape index (κ1) is 24.9. The van der Waals surface area contributed by atoms with E-state index in [2.05, 4.69) is 0 Å². The molecule has 0 radical (unpaired) electrons. The van der Waals surface area contributed by atoms with Crippen molar-refractivity contribution in [3.05, 3.63) is 75.3 Å². The van der Waals surface area contributed by atoms with Crippen molar-refractivity contribution in [2.75, 3.05) is 32.8 Å². The van der Waals surface area contributed by atoms with Crippen molar-refractivity contribution < 1.29 is 29.3 Å². The van der Waals surface area contributed by atoms with Crippen LogP contribution in [0.5, 0.6) is 5.75 Å². The number of nitro benzene ring substituents is 1. The molecular weight excluding hydrogens is 438 g/mol. The second kappa shape index (κ2) is 10.9. The fraction of sp³-hybridized carbons (Fsp3) is 0.360. The molecular formula is C25H29N3O6. The highest BCUT2D eigenvalue weighted by Gasteiger charge is 2.44. The first-order chi connectivity index (χ1) is 16.3. The molecule has 0 saturated carbocycles. The maximum atomic E-state index is 13.4. The van der Waals surface area contributed by atoms with Gasteiger partial charge in [0, 0.05) is 17.7 Å². The first-order valence-corrected chi connectivity index (χ1v) is 11.4. The number of benzene rings is 2. The van der Waals surface area contributed by atoms with Crippen molar-refractivity contribution >= 4 is 23.1 Å². The molecule has 3 rings (SSSR count). The molecule has 1 aliphatic rings. The molecule has 1 amide bonds. The third-order valence-corrected chi connectivity index (χ3v) is 6.08. The summed E-state index contributed by atoms with van der Waals surface area (Å²) in [5.74, 6) is -1.52. The first-order valence-electron chi connectivity index (χ1n) is 11.4. The van der Waals surface area contributed by atoms with E-state index in [0.29, 0.717) is 24.5 Å². The molecule has 34 heavy (non-hydrogen) atoms. The van der Waals surface area contributed by atoms with E-state index in [0.717, 1.165) is 13.1 Å². The van der Waals surface area contributed by atoms with Crippen molar-refractivity contribution in [3.63, 3.8) is 0 Å². The Balaban J connectivity index is 2.07. The molecule has 0 aromatic heterocycles. The molecule has 1 fully saturated rings. The number of non-ortho nitro benzene ring substituents is 1. The molecule has 1 aliphatic heterocycles. The summed E-state index contributed by atoms with van der Waals surface area (Å²) in [4.78, 5) is 39.3. The normalized spacial score (nSPS) is 17.4.